The van der Waals surface area contributed by atoms with E-state index in [1.807, 2.05) is 6.08 Å². The van der Waals surface area contributed by atoms with Crippen molar-refractivity contribution in [2.24, 2.45) is 0 Å². The average molecular weight is 198 g/mol. The van der Waals surface area contributed by atoms with Crippen LogP contribution < -0.4 is 5.43 Å². The molecule has 0 aromatic rings. The molecule has 0 aliphatic carbocycles. The Morgan fingerprint density at radius 1 is 1.57 bits per heavy atom. The van der Waals surface area contributed by atoms with Gasteiger partial charge in [-0.25, -0.2) is 4.79 Å². The fraction of sp³-hybridized carbons (Fsp3) is 0.556. The summed E-state index contributed by atoms with van der Waals surface area (Å²) in [6.45, 7) is 1.40. The molecular formula is C9H14N2O3. The van der Waals surface area contributed by atoms with Gasteiger partial charge in [0.2, 0.25) is 5.91 Å². The van der Waals surface area contributed by atoms with Crippen molar-refractivity contribution >= 4 is 11.9 Å². The van der Waals surface area contributed by atoms with Gasteiger partial charge in [0, 0.05) is 13.1 Å². The highest BCUT2D eigenvalue weighted by atomic mass is 16.5. The molecular weight excluding hydrogens is 184 g/mol. The molecule has 0 fully saturated rings. The quantitative estimate of drug-likeness (QED) is 0.643. The van der Waals surface area contributed by atoms with Gasteiger partial charge in [-0.3, -0.25) is 15.2 Å². The molecule has 0 bridgehead atoms. The minimum atomic E-state index is -0.408. The number of nitrogens with one attached hydrogen (secondary N) is 1. The zero-order valence-corrected chi connectivity index (χ0v) is 8.32. The van der Waals surface area contributed by atoms with Crippen LogP contribution in [0.4, 0.5) is 0 Å². The zero-order valence-electron chi connectivity index (χ0n) is 8.32. The van der Waals surface area contributed by atoms with Crippen molar-refractivity contribution in [3.05, 3.63) is 12.3 Å². The number of hydrazine groups is 1. The van der Waals surface area contributed by atoms with Crippen molar-refractivity contribution in [2.45, 2.75) is 25.8 Å². The highest BCUT2D eigenvalue weighted by Gasteiger charge is 2.26. The Labute approximate surface area is 82.7 Å². The number of allylic oxidation sites excluding steroid dienone is 1. The molecule has 1 heterocycles. The van der Waals surface area contributed by atoms with Gasteiger partial charge in [-0.15, -0.1) is 0 Å². The fourth-order valence-corrected chi connectivity index (χ4v) is 1.35. The third kappa shape index (κ3) is 2.48. The van der Waals surface area contributed by atoms with Crippen LogP contribution in [0.5, 0.6) is 0 Å². The van der Waals surface area contributed by atoms with Gasteiger partial charge >= 0.3 is 5.97 Å². The predicted molar refractivity (Wildman–Crippen MR) is 49.8 cm³/mol. The molecule has 0 spiro atoms. The molecule has 1 aliphatic heterocycles. The number of ether oxygens (including phenoxy) is 1. The number of carbonyl (C=O) groups is 2. The van der Waals surface area contributed by atoms with Crippen LogP contribution in [0.15, 0.2) is 12.3 Å². The summed E-state index contributed by atoms with van der Waals surface area (Å²) in [4.78, 5) is 22.1. The molecule has 0 unspecified atom stereocenters. The summed E-state index contributed by atoms with van der Waals surface area (Å²) in [5.41, 5.74) is 2.55. The molecule has 0 saturated heterocycles. The van der Waals surface area contributed by atoms with Crippen molar-refractivity contribution in [1.82, 2.24) is 10.4 Å². The first-order chi connectivity index (χ1) is 6.65. The Morgan fingerprint density at radius 3 is 2.86 bits per heavy atom. The molecule has 78 valence electrons. The van der Waals surface area contributed by atoms with E-state index in [0.29, 0.717) is 6.42 Å². The van der Waals surface area contributed by atoms with Crippen LogP contribution in [-0.4, -0.2) is 30.0 Å². The SMILES string of the molecule is COC(=O)[C@@H]1CCC=CN1NC(C)=O. The van der Waals surface area contributed by atoms with E-state index in [0.717, 1.165) is 6.42 Å². The third-order valence-electron chi connectivity index (χ3n) is 1.97. The van der Waals surface area contributed by atoms with Crippen molar-refractivity contribution < 1.29 is 14.3 Å². The standard InChI is InChI=1S/C9H14N2O3/c1-7(12)10-11-6-4-3-5-8(11)9(13)14-2/h4,6,8H,3,5H2,1-2H3,(H,10,12)/t8-/m0/s1. The van der Waals surface area contributed by atoms with Crippen molar-refractivity contribution in [2.75, 3.05) is 7.11 Å². The van der Waals surface area contributed by atoms with Gasteiger partial charge in [-0.1, -0.05) is 6.08 Å². The second-order valence-corrected chi connectivity index (χ2v) is 3.08. The first kappa shape index (κ1) is 10.6. The Balaban J connectivity index is 2.67. The Bertz CT molecular complexity index is 263. The first-order valence-corrected chi connectivity index (χ1v) is 4.45. The molecule has 0 radical (unpaired) electrons. The van der Waals surface area contributed by atoms with Gasteiger partial charge in [0.25, 0.3) is 0 Å². The largest absolute Gasteiger partial charge is 0.467 e. The number of hydrogen-bond donors (Lipinski definition) is 1. The highest BCUT2D eigenvalue weighted by Crippen LogP contribution is 2.13. The normalized spacial score (nSPS) is 20.4. The van der Waals surface area contributed by atoms with Gasteiger partial charge in [-0.05, 0) is 12.8 Å². The maximum absolute atomic E-state index is 11.3. The maximum Gasteiger partial charge on any atom is 0.330 e. The van der Waals surface area contributed by atoms with Crippen LogP contribution in [-0.2, 0) is 14.3 Å². The summed E-state index contributed by atoms with van der Waals surface area (Å²) in [6.07, 6.45) is 5.06. The number of carbonyl (C=O) groups excluding carboxylic acids is 2. The zero-order chi connectivity index (χ0) is 10.6. The van der Waals surface area contributed by atoms with Gasteiger partial charge in [-0.2, -0.15) is 0 Å². The number of rotatable bonds is 2. The van der Waals surface area contributed by atoms with E-state index in [1.165, 1.54) is 19.0 Å². The summed E-state index contributed by atoms with van der Waals surface area (Å²) < 4.78 is 4.64. The van der Waals surface area contributed by atoms with Crippen LogP contribution >= 0.6 is 0 Å². The first-order valence-electron chi connectivity index (χ1n) is 4.45. The molecule has 1 atom stereocenters. The second kappa shape index (κ2) is 4.64. The Morgan fingerprint density at radius 2 is 2.29 bits per heavy atom. The molecule has 0 aromatic carbocycles. The number of nitrogens with zero attached hydrogens (tertiary/aromatic N) is 1. The number of esters is 1. The monoisotopic (exact) mass is 198 g/mol. The summed E-state index contributed by atoms with van der Waals surface area (Å²) in [6, 6.07) is -0.408. The summed E-state index contributed by atoms with van der Waals surface area (Å²) in [5.74, 6) is -0.534. The van der Waals surface area contributed by atoms with E-state index >= 15 is 0 Å². The summed E-state index contributed by atoms with van der Waals surface area (Å²) >= 11 is 0. The van der Waals surface area contributed by atoms with E-state index in [4.69, 9.17) is 0 Å². The Hall–Kier alpha value is -1.52. The van der Waals surface area contributed by atoms with Crippen LogP contribution in [0, 0.1) is 0 Å². The van der Waals surface area contributed by atoms with Crippen LogP contribution in [0.25, 0.3) is 0 Å². The topological polar surface area (TPSA) is 58.6 Å². The Kier molecular flexibility index (Phi) is 3.50. The molecule has 14 heavy (non-hydrogen) atoms. The molecule has 1 aliphatic rings. The van der Waals surface area contributed by atoms with Gasteiger partial charge in [0.05, 0.1) is 7.11 Å². The van der Waals surface area contributed by atoms with E-state index in [9.17, 15) is 9.59 Å². The lowest BCUT2D eigenvalue weighted by molar-refractivity contribution is -0.148. The lowest BCUT2D eigenvalue weighted by atomic mass is 10.1. The number of hydrogen-bond acceptors (Lipinski definition) is 4. The van der Waals surface area contributed by atoms with Crippen LogP contribution in [0.3, 0.4) is 0 Å². The molecule has 1 rings (SSSR count). The fourth-order valence-electron chi connectivity index (χ4n) is 1.35. The van der Waals surface area contributed by atoms with Crippen molar-refractivity contribution in [3.8, 4) is 0 Å². The van der Waals surface area contributed by atoms with Gasteiger partial charge in [0.1, 0.15) is 6.04 Å². The van der Waals surface area contributed by atoms with Gasteiger partial charge in [0.15, 0.2) is 0 Å². The third-order valence-corrected chi connectivity index (χ3v) is 1.97. The van der Waals surface area contributed by atoms with E-state index in [1.54, 1.807) is 6.20 Å². The lowest BCUT2D eigenvalue weighted by Crippen LogP contribution is -2.49. The molecule has 5 heteroatoms. The predicted octanol–water partition coefficient (Wildman–Crippen LogP) is 0.189. The van der Waals surface area contributed by atoms with Crippen molar-refractivity contribution in [3.63, 3.8) is 0 Å². The summed E-state index contributed by atoms with van der Waals surface area (Å²) in [5, 5.41) is 1.48. The van der Waals surface area contributed by atoms with E-state index < -0.39 is 6.04 Å². The van der Waals surface area contributed by atoms with Crippen LogP contribution in [0.2, 0.25) is 0 Å². The average Bonchev–Trinajstić information content (AvgIpc) is 2.16. The van der Waals surface area contributed by atoms with E-state index in [2.05, 4.69) is 10.2 Å². The minimum Gasteiger partial charge on any atom is -0.467 e. The van der Waals surface area contributed by atoms with Crippen LogP contribution in [0.1, 0.15) is 19.8 Å². The van der Waals surface area contributed by atoms with Crippen molar-refractivity contribution in [1.29, 1.82) is 0 Å². The number of amides is 1. The number of methoxy groups -OCH3 is 1. The minimum absolute atomic E-state index is 0.203. The maximum atomic E-state index is 11.3. The van der Waals surface area contributed by atoms with E-state index in [-0.39, 0.29) is 11.9 Å². The summed E-state index contributed by atoms with van der Waals surface area (Å²) in [7, 11) is 1.34. The highest BCUT2D eigenvalue weighted by molar-refractivity contribution is 5.77. The lowest BCUT2D eigenvalue weighted by Gasteiger charge is -2.30. The molecule has 0 aromatic heterocycles. The van der Waals surface area contributed by atoms with Gasteiger partial charge < -0.3 is 4.74 Å². The molecule has 1 amide bonds. The second-order valence-electron chi connectivity index (χ2n) is 3.08. The molecule has 5 nitrogen and oxygen atoms in total. The molecule has 1 N–H and O–H groups in total. The molecule has 0 saturated carbocycles. The smallest absolute Gasteiger partial charge is 0.330 e.